The Hall–Kier alpha value is -1.44. The van der Waals surface area contributed by atoms with Crippen LogP contribution in [-0.2, 0) is 0 Å². The second kappa shape index (κ2) is 2.55. The van der Waals surface area contributed by atoms with E-state index in [4.69, 9.17) is 0 Å². The van der Waals surface area contributed by atoms with Gasteiger partial charge in [-0.1, -0.05) is 18.7 Å². The van der Waals surface area contributed by atoms with Crippen LogP contribution in [0, 0.1) is 0 Å². The maximum absolute atomic E-state index is 3.94. The van der Waals surface area contributed by atoms with Crippen molar-refractivity contribution in [2.75, 3.05) is 16.8 Å². The molecule has 0 amide bonds. The number of hydrogen-bond donors (Lipinski definition) is 1. The fourth-order valence-electron chi connectivity index (χ4n) is 1.54. The zero-order valence-corrected chi connectivity index (χ0v) is 7.17. The molecule has 0 atom stereocenters. The number of rotatable bonds is 1. The van der Waals surface area contributed by atoms with Gasteiger partial charge in [-0.25, -0.2) is 0 Å². The third kappa shape index (κ3) is 0.881. The average Bonchev–Trinajstić information content (AvgIpc) is 2.40. The minimum absolute atomic E-state index is 0.961. The first-order valence-corrected chi connectivity index (χ1v) is 4.15. The predicted molar refractivity (Wildman–Crippen MR) is 52.2 cm³/mol. The fourth-order valence-corrected chi connectivity index (χ4v) is 1.54. The van der Waals surface area contributed by atoms with Gasteiger partial charge in [0.15, 0.2) is 0 Å². The number of benzene rings is 1. The Morgan fingerprint density at radius 2 is 2.17 bits per heavy atom. The van der Waals surface area contributed by atoms with E-state index in [0.29, 0.717) is 0 Å². The summed E-state index contributed by atoms with van der Waals surface area (Å²) in [6.07, 6.45) is 0. The highest BCUT2D eigenvalue weighted by Crippen LogP contribution is 2.34. The molecule has 0 aliphatic carbocycles. The number of para-hydroxylation sites is 2. The predicted octanol–water partition coefficient (Wildman–Crippen LogP) is 2.41. The van der Waals surface area contributed by atoms with Gasteiger partial charge in [-0.3, -0.25) is 0 Å². The first-order valence-electron chi connectivity index (χ1n) is 4.15. The molecular formula is C10H12N2. The molecule has 1 aliphatic heterocycles. The molecule has 1 aliphatic rings. The number of nitrogens with zero attached hydrogens (tertiary/aromatic N) is 1. The molecule has 0 bridgehead atoms. The van der Waals surface area contributed by atoms with Gasteiger partial charge in [-0.15, -0.1) is 0 Å². The summed E-state index contributed by atoms with van der Waals surface area (Å²) in [6, 6.07) is 8.24. The summed E-state index contributed by atoms with van der Waals surface area (Å²) in [6.45, 7) is 7.02. The van der Waals surface area contributed by atoms with Gasteiger partial charge < -0.3 is 10.2 Å². The average molecular weight is 160 g/mol. The van der Waals surface area contributed by atoms with Crippen molar-refractivity contribution >= 4 is 11.4 Å². The van der Waals surface area contributed by atoms with Crippen LogP contribution in [0.5, 0.6) is 0 Å². The van der Waals surface area contributed by atoms with Crippen LogP contribution in [0.2, 0.25) is 0 Å². The lowest BCUT2D eigenvalue weighted by molar-refractivity contribution is 0.995. The van der Waals surface area contributed by atoms with Crippen LogP contribution in [0.1, 0.15) is 6.92 Å². The lowest BCUT2D eigenvalue weighted by atomic mass is 10.3. The number of hydrogen-bond acceptors (Lipinski definition) is 2. The van der Waals surface area contributed by atoms with E-state index < -0.39 is 0 Å². The SMILES string of the molecule is C=C1Nc2ccccc2N1CC. The Bertz CT molecular complexity index is 317. The van der Waals surface area contributed by atoms with E-state index in [1.165, 1.54) is 5.69 Å². The van der Waals surface area contributed by atoms with E-state index in [-0.39, 0.29) is 0 Å². The molecule has 0 spiro atoms. The Morgan fingerprint density at radius 3 is 2.92 bits per heavy atom. The molecule has 1 aromatic rings. The van der Waals surface area contributed by atoms with Gasteiger partial charge in [0.1, 0.15) is 5.82 Å². The van der Waals surface area contributed by atoms with Crippen molar-refractivity contribution in [3.63, 3.8) is 0 Å². The summed E-state index contributed by atoms with van der Waals surface area (Å²) < 4.78 is 0. The number of nitrogens with one attached hydrogen (secondary N) is 1. The first kappa shape index (κ1) is 7.22. The van der Waals surface area contributed by atoms with Crippen LogP contribution in [0.4, 0.5) is 11.4 Å². The molecule has 12 heavy (non-hydrogen) atoms. The van der Waals surface area contributed by atoms with E-state index in [9.17, 15) is 0 Å². The lowest BCUT2D eigenvalue weighted by Crippen LogP contribution is -2.18. The monoisotopic (exact) mass is 160 g/mol. The summed E-state index contributed by atoms with van der Waals surface area (Å²) in [5.74, 6) is 0.971. The summed E-state index contributed by atoms with van der Waals surface area (Å²) in [5.41, 5.74) is 2.38. The van der Waals surface area contributed by atoms with Crippen molar-refractivity contribution in [2.45, 2.75) is 6.92 Å². The quantitative estimate of drug-likeness (QED) is 0.678. The number of anilines is 2. The maximum Gasteiger partial charge on any atom is 0.103 e. The zero-order chi connectivity index (χ0) is 8.55. The van der Waals surface area contributed by atoms with Crippen molar-refractivity contribution in [1.29, 1.82) is 0 Å². The van der Waals surface area contributed by atoms with Crippen molar-refractivity contribution in [1.82, 2.24) is 0 Å². The highest BCUT2D eigenvalue weighted by atomic mass is 15.3. The minimum atomic E-state index is 0.961. The van der Waals surface area contributed by atoms with E-state index in [2.05, 4.69) is 35.9 Å². The lowest BCUT2D eigenvalue weighted by Gasteiger charge is -2.15. The Labute approximate surface area is 72.5 Å². The molecule has 0 radical (unpaired) electrons. The third-order valence-corrected chi connectivity index (χ3v) is 2.12. The molecule has 0 saturated heterocycles. The molecule has 1 heterocycles. The van der Waals surface area contributed by atoms with Crippen LogP contribution in [0.25, 0.3) is 0 Å². The molecule has 2 nitrogen and oxygen atoms in total. The van der Waals surface area contributed by atoms with Gasteiger partial charge in [0.05, 0.1) is 11.4 Å². The highest BCUT2D eigenvalue weighted by Gasteiger charge is 2.19. The molecule has 0 saturated carbocycles. The zero-order valence-electron chi connectivity index (χ0n) is 7.17. The van der Waals surface area contributed by atoms with Crippen molar-refractivity contribution in [3.8, 4) is 0 Å². The first-order chi connectivity index (χ1) is 5.83. The van der Waals surface area contributed by atoms with Gasteiger partial charge in [0.25, 0.3) is 0 Å². The highest BCUT2D eigenvalue weighted by molar-refractivity contribution is 5.80. The van der Waals surface area contributed by atoms with Crippen molar-refractivity contribution in [3.05, 3.63) is 36.7 Å². The molecule has 2 rings (SSSR count). The maximum atomic E-state index is 3.94. The van der Waals surface area contributed by atoms with Crippen LogP contribution in [0.15, 0.2) is 36.7 Å². The van der Waals surface area contributed by atoms with E-state index in [1.54, 1.807) is 0 Å². The molecule has 1 N–H and O–H groups in total. The Morgan fingerprint density at radius 1 is 1.42 bits per heavy atom. The van der Waals surface area contributed by atoms with Crippen molar-refractivity contribution < 1.29 is 0 Å². The molecule has 2 heteroatoms. The van der Waals surface area contributed by atoms with Crippen molar-refractivity contribution in [2.24, 2.45) is 0 Å². The second-order valence-corrected chi connectivity index (χ2v) is 2.83. The number of fused-ring (bicyclic) bond motifs is 1. The Kier molecular flexibility index (Phi) is 1.54. The Balaban J connectivity index is 2.47. The van der Waals surface area contributed by atoms with Gasteiger partial charge in [-0.2, -0.15) is 0 Å². The van der Waals surface area contributed by atoms with Gasteiger partial charge in [0.2, 0.25) is 0 Å². The summed E-state index contributed by atoms with van der Waals surface area (Å²) >= 11 is 0. The van der Waals surface area contributed by atoms with Gasteiger partial charge >= 0.3 is 0 Å². The fraction of sp³-hybridized carbons (Fsp3) is 0.200. The van der Waals surface area contributed by atoms with Crippen LogP contribution in [-0.4, -0.2) is 6.54 Å². The van der Waals surface area contributed by atoms with E-state index >= 15 is 0 Å². The van der Waals surface area contributed by atoms with Crippen LogP contribution in [0.3, 0.4) is 0 Å². The minimum Gasteiger partial charge on any atom is -0.340 e. The molecule has 0 fully saturated rings. The topological polar surface area (TPSA) is 15.3 Å². The standard InChI is InChI=1S/C10H12N2/c1-3-12-8(2)11-9-6-4-5-7-10(9)12/h4-7,11H,2-3H2,1H3. The third-order valence-electron chi connectivity index (χ3n) is 2.12. The summed E-state index contributed by atoms with van der Waals surface area (Å²) in [4.78, 5) is 2.16. The van der Waals surface area contributed by atoms with E-state index in [0.717, 1.165) is 18.1 Å². The smallest absolute Gasteiger partial charge is 0.103 e. The van der Waals surface area contributed by atoms with Gasteiger partial charge in [-0.05, 0) is 19.1 Å². The van der Waals surface area contributed by atoms with Crippen LogP contribution < -0.4 is 10.2 Å². The summed E-state index contributed by atoms with van der Waals surface area (Å²) in [7, 11) is 0. The molecule has 0 aromatic heterocycles. The van der Waals surface area contributed by atoms with E-state index in [1.807, 2.05) is 12.1 Å². The largest absolute Gasteiger partial charge is 0.340 e. The normalized spacial score (nSPS) is 14.4. The van der Waals surface area contributed by atoms with Crippen LogP contribution >= 0.6 is 0 Å². The van der Waals surface area contributed by atoms with Gasteiger partial charge in [0, 0.05) is 6.54 Å². The molecular weight excluding hydrogens is 148 g/mol. The molecule has 0 unspecified atom stereocenters. The molecule has 62 valence electrons. The summed E-state index contributed by atoms with van der Waals surface area (Å²) in [5, 5.41) is 3.23. The molecule has 1 aromatic carbocycles. The second-order valence-electron chi connectivity index (χ2n) is 2.83.